The molecular weight excluding hydrogens is 396 g/mol. The monoisotopic (exact) mass is 408 g/mol. The number of hydrogen-bond acceptors (Lipinski definition) is 7. The predicted octanol–water partition coefficient (Wildman–Crippen LogP) is 0.607. The molecule has 0 unspecified atom stereocenters. The Kier molecular flexibility index (Phi) is 3.84. The van der Waals surface area contributed by atoms with Crippen LogP contribution in [0, 0.1) is 0 Å². The van der Waals surface area contributed by atoms with Crippen molar-refractivity contribution >= 4 is 31.9 Å². The van der Waals surface area contributed by atoms with Gasteiger partial charge in [-0.3, -0.25) is 9.59 Å². The van der Waals surface area contributed by atoms with E-state index >= 15 is 0 Å². The second-order valence-corrected chi connectivity index (χ2v) is 9.43. The highest BCUT2D eigenvalue weighted by Gasteiger charge is 2.43. The number of carbonyl (C=O) groups excluding carboxylic acids is 2. The maximum absolute atomic E-state index is 12.4. The summed E-state index contributed by atoms with van der Waals surface area (Å²) in [5.74, 6) is -1.55. The number of hydrogen-bond donors (Lipinski definition) is 0. The van der Waals surface area contributed by atoms with E-state index in [2.05, 4.69) is 0 Å². The van der Waals surface area contributed by atoms with E-state index < -0.39 is 45.3 Å². The summed E-state index contributed by atoms with van der Waals surface area (Å²) in [6, 6.07) is 11.4. The van der Waals surface area contributed by atoms with Gasteiger partial charge in [0.2, 0.25) is 0 Å². The first kappa shape index (κ1) is 17.6. The highest BCUT2D eigenvalue weighted by molar-refractivity contribution is 7.90. The Labute approximate surface area is 154 Å². The molecule has 2 aromatic rings. The standard InChI is InChI=1S/C16H12N2O7S2/c19-15-11-5-1-3-7-13(11)26(21,22)17(15)9-25-10-18-16(20)12-6-2-4-8-14(12)27(18,23)24/h1-8H,9-10H2. The average molecular weight is 408 g/mol. The summed E-state index contributed by atoms with van der Waals surface area (Å²) in [7, 11) is -8.16. The van der Waals surface area contributed by atoms with Crippen LogP contribution in [0.1, 0.15) is 20.7 Å². The van der Waals surface area contributed by atoms with E-state index in [1.54, 1.807) is 0 Å². The van der Waals surface area contributed by atoms with Crippen molar-refractivity contribution in [2.45, 2.75) is 9.79 Å². The van der Waals surface area contributed by atoms with E-state index in [9.17, 15) is 26.4 Å². The summed E-state index contributed by atoms with van der Waals surface area (Å²) in [5, 5.41) is 0. The average Bonchev–Trinajstić information content (AvgIpc) is 2.96. The van der Waals surface area contributed by atoms with E-state index in [4.69, 9.17) is 4.74 Å². The Balaban J connectivity index is 1.52. The van der Waals surface area contributed by atoms with Gasteiger partial charge in [-0.25, -0.2) is 25.4 Å². The van der Waals surface area contributed by atoms with E-state index in [1.165, 1.54) is 48.5 Å². The van der Waals surface area contributed by atoms with Crippen LogP contribution in [0.3, 0.4) is 0 Å². The third-order valence-corrected chi connectivity index (χ3v) is 7.77. The molecule has 0 N–H and O–H groups in total. The molecule has 2 heterocycles. The van der Waals surface area contributed by atoms with Crippen molar-refractivity contribution in [3.63, 3.8) is 0 Å². The molecule has 0 fully saturated rings. The van der Waals surface area contributed by atoms with Gasteiger partial charge in [-0.1, -0.05) is 24.3 Å². The lowest BCUT2D eigenvalue weighted by atomic mass is 10.2. The Morgan fingerprint density at radius 2 is 1.04 bits per heavy atom. The van der Waals surface area contributed by atoms with E-state index in [0.29, 0.717) is 8.61 Å². The lowest BCUT2D eigenvalue weighted by molar-refractivity contribution is 0.0254. The summed E-state index contributed by atoms with van der Waals surface area (Å²) in [6.07, 6.45) is 0. The fourth-order valence-electron chi connectivity index (χ4n) is 2.92. The van der Waals surface area contributed by atoms with Crippen LogP contribution in [-0.2, 0) is 24.8 Å². The lowest BCUT2D eigenvalue weighted by Gasteiger charge is -2.19. The van der Waals surface area contributed by atoms with Crippen molar-refractivity contribution in [3.8, 4) is 0 Å². The summed E-state index contributed by atoms with van der Waals surface area (Å²) in [5.41, 5.74) is 0.0248. The number of sulfonamides is 2. The number of nitrogens with zero attached hydrogens (tertiary/aromatic N) is 2. The molecule has 0 bridgehead atoms. The van der Waals surface area contributed by atoms with Gasteiger partial charge < -0.3 is 4.74 Å². The minimum Gasteiger partial charge on any atom is -0.338 e. The molecular formula is C16H12N2O7S2. The van der Waals surface area contributed by atoms with Crippen LogP contribution in [0.15, 0.2) is 58.3 Å². The van der Waals surface area contributed by atoms with Crippen LogP contribution in [0.2, 0.25) is 0 Å². The molecule has 0 atom stereocenters. The molecule has 27 heavy (non-hydrogen) atoms. The molecule has 2 aromatic carbocycles. The third kappa shape index (κ3) is 2.46. The molecule has 2 aliphatic heterocycles. The molecule has 9 nitrogen and oxygen atoms in total. The first-order valence-electron chi connectivity index (χ1n) is 7.66. The topological polar surface area (TPSA) is 118 Å². The smallest absolute Gasteiger partial charge is 0.271 e. The Hall–Kier alpha value is -2.76. The zero-order valence-corrected chi connectivity index (χ0v) is 15.2. The molecule has 2 amide bonds. The summed E-state index contributed by atoms with van der Waals surface area (Å²) < 4.78 is 55.8. The van der Waals surface area contributed by atoms with Gasteiger partial charge >= 0.3 is 0 Å². The Morgan fingerprint density at radius 1 is 0.667 bits per heavy atom. The number of carbonyl (C=O) groups is 2. The van der Waals surface area contributed by atoms with Gasteiger partial charge in [-0.2, -0.15) is 0 Å². The number of rotatable bonds is 4. The maximum Gasteiger partial charge on any atom is 0.271 e. The van der Waals surface area contributed by atoms with Crippen LogP contribution in [0.25, 0.3) is 0 Å². The number of amides is 2. The normalized spacial score (nSPS) is 19.3. The van der Waals surface area contributed by atoms with Gasteiger partial charge in [0.15, 0.2) is 0 Å². The highest BCUT2D eigenvalue weighted by Crippen LogP contribution is 2.31. The van der Waals surface area contributed by atoms with Gasteiger partial charge in [-0.15, -0.1) is 0 Å². The van der Waals surface area contributed by atoms with Gasteiger partial charge in [0.1, 0.15) is 23.3 Å². The van der Waals surface area contributed by atoms with E-state index in [0.717, 1.165) is 0 Å². The predicted molar refractivity (Wildman–Crippen MR) is 90.4 cm³/mol. The minimum absolute atomic E-state index is 0.0124. The number of ether oxygens (including phenoxy) is 1. The summed E-state index contributed by atoms with van der Waals surface area (Å²) in [4.78, 5) is 24.3. The van der Waals surface area contributed by atoms with Crippen LogP contribution in [0.4, 0.5) is 0 Å². The molecule has 4 rings (SSSR count). The Bertz CT molecular complexity index is 1100. The van der Waals surface area contributed by atoms with Gasteiger partial charge in [-0.05, 0) is 24.3 Å². The SMILES string of the molecule is O=C1c2ccccc2S(=O)(=O)N1COCN1C(=O)c2ccccc2S1(=O)=O. The van der Waals surface area contributed by atoms with E-state index in [-0.39, 0.29) is 20.9 Å². The van der Waals surface area contributed by atoms with Crippen molar-refractivity contribution in [2.75, 3.05) is 13.5 Å². The summed E-state index contributed by atoms with van der Waals surface area (Å²) in [6.45, 7) is -1.43. The lowest BCUT2D eigenvalue weighted by Crippen LogP contribution is -2.37. The van der Waals surface area contributed by atoms with Crippen LogP contribution < -0.4 is 0 Å². The fourth-order valence-corrected chi connectivity index (χ4v) is 5.83. The molecule has 0 aromatic heterocycles. The molecule has 11 heteroatoms. The van der Waals surface area contributed by atoms with Crippen LogP contribution >= 0.6 is 0 Å². The van der Waals surface area contributed by atoms with Crippen molar-refractivity contribution in [1.29, 1.82) is 0 Å². The number of benzene rings is 2. The zero-order valence-electron chi connectivity index (χ0n) is 13.6. The molecule has 0 saturated carbocycles. The minimum atomic E-state index is -4.08. The molecule has 0 radical (unpaired) electrons. The Morgan fingerprint density at radius 3 is 1.41 bits per heavy atom. The molecule has 0 saturated heterocycles. The van der Waals surface area contributed by atoms with Gasteiger partial charge in [0, 0.05) is 0 Å². The third-order valence-electron chi connectivity index (χ3n) is 4.24. The summed E-state index contributed by atoms with van der Waals surface area (Å²) >= 11 is 0. The first-order chi connectivity index (χ1) is 12.8. The van der Waals surface area contributed by atoms with Crippen LogP contribution in [-0.4, -0.2) is 50.7 Å². The van der Waals surface area contributed by atoms with Crippen molar-refractivity contribution in [2.24, 2.45) is 0 Å². The molecule has 0 aliphatic carbocycles. The van der Waals surface area contributed by atoms with Crippen molar-refractivity contribution in [3.05, 3.63) is 59.7 Å². The quantitative estimate of drug-likeness (QED) is 0.727. The second-order valence-electron chi connectivity index (χ2n) is 5.77. The van der Waals surface area contributed by atoms with Gasteiger partial charge in [0.05, 0.1) is 11.1 Å². The maximum atomic E-state index is 12.4. The molecule has 2 aliphatic rings. The molecule has 0 spiro atoms. The zero-order chi connectivity index (χ0) is 19.4. The second kappa shape index (κ2) is 5.87. The fraction of sp³-hybridized carbons (Fsp3) is 0.125. The highest BCUT2D eigenvalue weighted by atomic mass is 32.2. The molecule has 140 valence electrons. The van der Waals surface area contributed by atoms with Crippen LogP contribution in [0.5, 0.6) is 0 Å². The largest absolute Gasteiger partial charge is 0.338 e. The first-order valence-corrected chi connectivity index (χ1v) is 10.5. The van der Waals surface area contributed by atoms with E-state index in [1.807, 2.05) is 0 Å². The van der Waals surface area contributed by atoms with Crippen molar-refractivity contribution < 1.29 is 31.2 Å². The van der Waals surface area contributed by atoms with Gasteiger partial charge in [0.25, 0.3) is 31.9 Å². The van der Waals surface area contributed by atoms with Crippen molar-refractivity contribution in [1.82, 2.24) is 8.61 Å². The number of fused-ring (bicyclic) bond motifs is 2.